The second-order valence-corrected chi connectivity index (χ2v) is 7.47. The van der Waals surface area contributed by atoms with E-state index in [2.05, 4.69) is 10.0 Å². The van der Waals surface area contributed by atoms with Gasteiger partial charge in [-0.05, 0) is 43.5 Å². The van der Waals surface area contributed by atoms with Gasteiger partial charge < -0.3 is 5.32 Å². The van der Waals surface area contributed by atoms with Crippen molar-refractivity contribution in [2.45, 2.75) is 22.8 Å². The largest absolute Gasteiger partial charge is 0.325 e. The van der Waals surface area contributed by atoms with Gasteiger partial charge in [0.15, 0.2) is 0 Å². The number of carbonyl (C=O) groups excluding carboxylic acids is 1. The highest BCUT2D eigenvalue weighted by Crippen LogP contribution is 2.19. The van der Waals surface area contributed by atoms with E-state index in [9.17, 15) is 13.2 Å². The Balaban J connectivity index is 2.05. The van der Waals surface area contributed by atoms with Crippen molar-refractivity contribution in [1.29, 1.82) is 0 Å². The van der Waals surface area contributed by atoms with Crippen LogP contribution in [0.25, 0.3) is 0 Å². The molecule has 2 aromatic rings. The summed E-state index contributed by atoms with van der Waals surface area (Å²) in [5.74, 6) is -0.414. The zero-order valence-electron chi connectivity index (χ0n) is 12.8. The summed E-state index contributed by atoms with van der Waals surface area (Å²) in [5.41, 5.74) is 0.632. The first-order valence-corrected chi connectivity index (χ1v) is 9.65. The second-order valence-electron chi connectivity index (χ2n) is 4.88. The Labute approximate surface area is 140 Å². The average molecular weight is 350 g/mol. The fourth-order valence-electron chi connectivity index (χ4n) is 1.91. The van der Waals surface area contributed by atoms with Gasteiger partial charge in [0.25, 0.3) is 0 Å². The number of nitrogens with one attached hydrogen (secondary N) is 2. The maximum atomic E-state index is 12.2. The van der Waals surface area contributed by atoms with Crippen molar-refractivity contribution < 1.29 is 13.2 Å². The predicted molar refractivity (Wildman–Crippen MR) is 93.1 cm³/mol. The first kappa shape index (κ1) is 17.5. The fraction of sp³-hybridized carbons (Fsp3) is 0.188. The molecule has 0 aliphatic heterocycles. The molecule has 1 amide bonds. The highest BCUT2D eigenvalue weighted by atomic mass is 32.2. The van der Waals surface area contributed by atoms with Crippen LogP contribution < -0.4 is 10.0 Å². The van der Waals surface area contributed by atoms with E-state index in [1.807, 2.05) is 24.5 Å². The van der Waals surface area contributed by atoms with E-state index in [0.717, 1.165) is 4.90 Å². The van der Waals surface area contributed by atoms with Crippen molar-refractivity contribution in [2.75, 3.05) is 11.6 Å². The minimum Gasteiger partial charge on any atom is -0.325 e. The minimum absolute atomic E-state index is 0.129. The molecule has 5 nitrogen and oxygen atoms in total. The Morgan fingerprint density at radius 3 is 2.43 bits per heavy atom. The van der Waals surface area contributed by atoms with Crippen LogP contribution >= 0.6 is 11.8 Å². The van der Waals surface area contributed by atoms with Gasteiger partial charge in [-0.15, -0.1) is 11.8 Å². The third-order valence-corrected chi connectivity index (χ3v) is 5.40. The van der Waals surface area contributed by atoms with Crippen LogP contribution in [0.2, 0.25) is 0 Å². The third kappa shape index (κ3) is 4.82. The molecule has 122 valence electrons. The zero-order chi connectivity index (χ0) is 16.9. The standard InChI is InChI=1S/C16H18N2O3S2/c1-12(18-23(20,21)15-9-4-3-5-10-15)16(19)17-13-7-6-8-14(11-13)22-2/h3-12,18H,1-2H3,(H,17,19). The summed E-state index contributed by atoms with van der Waals surface area (Å²) in [6, 6.07) is 14.4. The average Bonchev–Trinajstić information content (AvgIpc) is 2.55. The molecule has 2 aromatic carbocycles. The van der Waals surface area contributed by atoms with E-state index in [-0.39, 0.29) is 4.90 Å². The zero-order valence-corrected chi connectivity index (χ0v) is 14.4. The minimum atomic E-state index is -3.72. The van der Waals surface area contributed by atoms with Crippen LogP contribution in [0, 0.1) is 0 Å². The van der Waals surface area contributed by atoms with Crippen molar-refractivity contribution in [3.05, 3.63) is 54.6 Å². The lowest BCUT2D eigenvalue weighted by atomic mass is 10.3. The van der Waals surface area contributed by atoms with Crippen LogP contribution in [0.15, 0.2) is 64.4 Å². The topological polar surface area (TPSA) is 75.3 Å². The molecule has 0 saturated carbocycles. The van der Waals surface area contributed by atoms with Crippen LogP contribution in [0.1, 0.15) is 6.92 Å². The number of benzene rings is 2. The van der Waals surface area contributed by atoms with E-state index < -0.39 is 22.0 Å². The Morgan fingerprint density at radius 2 is 1.78 bits per heavy atom. The fourth-order valence-corrected chi connectivity index (χ4v) is 3.59. The first-order chi connectivity index (χ1) is 10.9. The molecule has 0 aromatic heterocycles. The van der Waals surface area contributed by atoms with Crippen LogP contribution in [-0.2, 0) is 14.8 Å². The third-order valence-electron chi connectivity index (χ3n) is 3.12. The molecule has 2 rings (SSSR count). The highest BCUT2D eigenvalue weighted by Gasteiger charge is 2.21. The van der Waals surface area contributed by atoms with Gasteiger partial charge >= 0.3 is 0 Å². The molecule has 2 N–H and O–H groups in total. The summed E-state index contributed by atoms with van der Waals surface area (Å²) >= 11 is 1.56. The normalized spacial score (nSPS) is 12.6. The Hall–Kier alpha value is -1.83. The van der Waals surface area contributed by atoms with E-state index in [4.69, 9.17) is 0 Å². The van der Waals surface area contributed by atoms with Crippen LogP contribution in [-0.4, -0.2) is 26.6 Å². The number of amides is 1. The maximum absolute atomic E-state index is 12.2. The molecule has 0 saturated heterocycles. The molecule has 0 radical (unpaired) electrons. The highest BCUT2D eigenvalue weighted by molar-refractivity contribution is 7.98. The van der Waals surface area contributed by atoms with Gasteiger partial charge in [0.05, 0.1) is 10.9 Å². The number of hydrogen-bond donors (Lipinski definition) is 2. The number of thioether (sulfide) groups is 1. The molecule has 23 heavy (non-hydrogen) atoms. The van der Waals surface area contributed by atoms with Gasteiger partial charge in [0.2, 0.25) is 15.9 Å². The molecule has 7 heteroatoms. The van der Waals surface area contributed by atoms with Crippen molar-refractivity contribution >= 4 is 33.4 Å². The quantitative estimate of drug-likeness (QED) is 0.786. The summed E-state index contributed by atoms with van der Waals surface area (Å²) in [7, 11) is -3.72. The molecule has 0 aliphatic carbocycles. The van der Waals surface area contributed by atoms with Gasteiger partial charge in [-0.25, -0.2) is 8.42 Å². The molecule has 0 fully saturated rings. The molecule has 0 heterocycles. The molecular formula is C16H18N2O3S2. The van der Waals surface area contributed by atoms with Crippen LogP contribution in [0.3, 0.4) is 0 Å². The number of hydrogen-bond acceptors (Lipinski definition) is 4. The van der Waals surface area contributed by atoms with Crippen LogP contribution in [0.5, 0.6) is 0 Å². The summed E-state index contributed by atoms with van der Waals surface area (Å²) in [6.07, 6.45) is 1.94. The lowest BCUT2D eigenvalue weighted by Crippen LogP contribution is -2.41. The van der Waals surface area contributed by atoms with E-state index in [0.29, 0.717) is 5.69 Å². The maximum Gasteiger partial charge on any atom is 0.242 e. The van der Waals surface area contributed by atoms with Gasteiger partial charge in [0.1, 0.15) is 0 Å². The smallest absolute Gasteiger partial charge is 0.242 e. The monoisotopic (exact) mass is 350 g/mol. The van der Waals surface area contributed by atoms with E-state index >= 15 is 0 Å². The molecule has 1 unspecified atom stereocenters. The SMILES string of the molecule is CSc1cccc(NC(=O)C(C)NS(=O)(=O)c2ccccc2)c1. The molecule has 0 bridgehead atoms. The number of carbonyl (C=O) groups is 1. The lowest BCUT2D eigenvalue weighted by molar-refractivity contribution is -0.117. The summed E-state index contributed by atoms with van der Waals surface area (Å²) in [6.45, 7) is 1.51. The van der Waals surface area contributed by atoms with Gasteiger partial charge in [0, 0.05) is 10.6 Å². The second kappa shape index (κ2) is 7.63. The van der Waals surface area contributed by atoms with Gasteiger partial charge in [-0.1, -0.05) is 24.3 Å². The number of anilines is 1. The Morgan fingerprint density at radius 1 is 1.09 bits per heavy atom. The van der Waals surface area contributed by atoms with E-state index in [1.54, 1.807) is 36.0 Å². The van der Waals surface area contributed by atoms with Crippen molar-refractivity contribution in [2.24, 2.45) is 0 Å². The van der Waals surface area contributed by atoms with Gasteiger partial charge in [-0.2, -0.15) is 4.72 Å². The molecule has 0 aliphatic rings. The summed E-state index contributed by atoms with van der Waals surface area (Å²) in [5, 5.41) is 2.71. The van der Waals surface area contributed by atoms with E-state index in [1.165, 1.54) is 19.1 Å². The Bertz CT molecular complexity index is 777. The summed E-state index contributed by atoms with van der Waals surface area (Å²) < 4.78 is 26.8. The van der Waals surface area contributed by atoms with Crippen molar-refractivity contribution in [3.8, 4) is 0 Å². The molecule has 0 spiro atoms. The Kier molecular flexibility index (Phi) is 5.81. The number of sulfonamides is 1. The number of rotatable bonds is 6. The van der Waals surface area contributed by atoms with Gasteiger partial charge in [-0.3, -0.25) is 4.79 Å². The van der Waals surface area contributed by atoms with Crippen molar-refractivity contribution in [1.82, 2.24) is 4.72 Å². The lowest BCUT2D eigenvalue weighted by Gasteiger charge is -2.14. The first-order valence-electron chi connectivity index (χ1n) is 6.94. The van der Waals surface area contributed by atoms with Crippen molar-refractivity contribution in [3.63, 3.8) is 0 Å². The molecule has 1 atom stereocenters. The molecular weight excluding hydrogens is 332 g/mol. The predicted octanol–water partition coefficient (Wildman–Crippen LogP) is 2.71. The van der Waals surface area contributed by atoms with Crippen LogP contribution in [0.4, 0.5) is 5.69 Å². The summed E-state index contributed by atoms with van der Waals surface area (Å²) in [4.78, 5) is 13.3.